The maximum absolute atomic E-state index is 13.3. The lowest BCUT2D eigenvalue weighted by Gasteiger charge is -2.39. The molecule has 0 bridgehead atoms. The van der Waals surface area contributed by atoms with Gasteiger partial charge in [-0.25, -0.2) is 8.42 Å². The van der Waals surface area contributed by atoms with Crippen LogP contribution in [-0.4, -0.2) is 50.2 Å². The molecule has 0 aromatic heterocycles. The van der Waals surface area contributed by atoms with Crippen LogP contribution in [-0.2, 0) is 21.4 Å². The summed E-state index contributed by atoms with van der Waals surface area (Å²) in [7, 11) is -1.60. The van der Waals surface area contributed by atoms with Gasteiger partial charge in [-0.1, -0.05) is 42.5 Å². The van der Waals surface area contributed by atoms with Crippen LogP contribution in [0.4, 0.5) is 0 Å². The van der Waals surface area contributed by atoms with Gasteiger partial charge in [0.2, 0.25) is 15.9 Å². The summed E-state index contributed by atoms with van der Waals surface area (Å²) in [5.41, 5.74) is 1.86. The van der Waals surface area contributed by atoms with Crippen molar-refractivity contribution in [3.63, 3.8) is 0 Å². The van der Waals surface area contributed by atoms with Crippen LogP contribution < -0.4 is 5.32 Å². The summed E-state index contributed by atoms with van der Waals surface area (Å²) in [5, 5.41) is 2.71. The topological polar surface area (TPSA) is 69.7 Å². The summed E-state index contributed by atoms with van der Waals surface area (Å²) in [5.74, 6) is -0.116. The predicted octanol–water partition coefficient (Wildman–Crippen LogP) is 2.00. The van der Waals surface area contributed by atoms with E-state index in [0.29, 0.717) is 26.2 Å². The minimum Gasteiger partial charge on any atom is -0.352 e. The molecule has 2 aromatic carbocycles. The van der Waals surface area contributed by atoms with Gasteiger partial charge in [0.05, 0.1) is 10.9 Å². The first kappa shape index (κ1) is 19.5. The van der Waals surface area contributed by atoms with Crippen LogP contribution >= 0.6 is 0 Å². The van der Waals surface area contributed by atoms with E-state index in [1.807, 2.05) is 37.4 Å². The highest BCUT2D eigenvalue weighted by atomic mass is 32.2. The number of sulfonamides is 1. The number of hydrogen-bond acceptors (Lipinski definition) is 4. The molecule has 0 spiro atoms. The molecule has 1 N–H and O–H groups in total. The van der Waals surface area contributed by atoms with Crippen molar-refractivity contribution in [2.45, 2.75) is 24.4 Å². The second kappa shape index (κ2) is 8.21. The van der Waals surface area contributed by atoms with Crippen molar-refractivity contribution in [2.75, 3.05) is 26.7 Å². The van der Waals surface area contributed by atoms with Gasteiger partial charge in [-0.2, -0.15) is 4.31 Å². The number of amides is 1. The number of rotatable bonds is 5. The summed E-state index contributed by atoms with van der Waals surface area (Å²) >= 11 is 0. The van der Waals surface area contributed by atoms with Crippen LogP contribution in [0.2, 0.25) is 0 Å². The normalized spacial score (nSPS) is 19.0. The van der Waals surface area contributed by atoms with Crippen LogP contribution in [0.15, 0.2) is 59.5 Å². The van der Waals surface area contributed by atoms with Gasteiger partial charge in [0.25, 0.3) is 0 Å². The Morgan fingerprint density at radius 2 is 1.74 bits per heavy atom. The smallest absolute Gasteiger partial charge is 0.243 e. The molecule has 0 unspecified atom stereocenters. The van der Waals surface area contributed by atoms with Gasteiger partial charge in [-0.05, 0) is 30.3 Å². The third-order valence-electron chi connectivity index (χ3n) is 4.79. The van der Waals surface area contributed by atoms with Crippen molar-refractivity contribution in [1.29, 1.82) is 0 Å². The highest BCUT2D eigenvalue weighted by Crippen LogP contribution is 2.30. The molecule has 0 saturated carbocycles. The number of nitrogens with zero attached hydrogens (tertiary/aromatic N) is 2. The van der Waals surface area contributed by atoms with Crippen molar-refractivity contribution in [1.82, 2.24) is 14.5 Å². The Morgan fingerprint density at radius 1 is 1.07 bits per heavy atom. The largest absolute Gasteiger partial charge is 0.352 e. The third-order valence-corrected chi connectivity index (χ3v) is 6.71. The molecule has 6 nitrogen and oxygen atoms in total. The predicted molar refractivity (Wildman–Crippen MR) is 105 cm³/mol. The van der Waals surface area contributed by atoms with Crippen molar-refractivity contribution in [3.05, 3.63) is 65.7 Å². The number of benzene rings is 2. The summed E-state index contributed by atoms with van der Waals surface area (Å²) < 4.78 is 28.2. The zero-order valence-corrected chi connectivity index (χ0v) is 16.4. The van der Waals surface area contributed by atoms with Crippen molar-refractivity contribution < 1.29 is 13.2 Å². The molecular weight excluding hydrogens is 362 g/mol. The number of carbonyl (C=O) groups excluding carboxylic acids is 1. The molecule has 27 heavy (non-hydrogen) atoms. The monoisotopic (exact) mass is 387 g/mol. The van der Waals surface area contributed by atoms with Crippen LogP contribution in [0.5, 0.6) is 0 Å². The first-order valence-electron chi connectivity index (χ1n) is 8.96. The highest BCUT2D eigenvalue weighted by Gasteiger charge is 2.35. The summed E-state index contributed by atoms with van der Waals surface area (Å²) in [6.07, 6.45) is 0. The van der Waals surface area contributed by atoms with Gasteiger partial charge < -0.3 is 10.2 Å². The molecular formula is C20H25N3O3S. The van der Waals surface area contributed by atoms with E-state index in [4.69, 9.17) is 0 Å². The molecule has 144 valence electrons. The second-order valence-corrected chi connectivity index (χ2v) is 8.75. The average molecular weight is 388 g/mol. The third kappa shape index (κ3) is 4.55. The standard InChI is InChI=1S/C20H25N3O3S/c1-16(24)21-14-17-8-10-19(11-9-17)27(25,26)23-13-12-22(2)15-20(23)18-6-4-3-5-7-18/h3-11,20H,12-15H2,1-2H3,(H,21,24)/t20-/m1/s1. The van der Waals surface area contributed by atoms with E-state index < -0.39 is 10.0 Å². The molecule has 1 fully saturated rings. The Labute approximate surface area is 160 Å². The first-order valence-corrected chi connectivity index (χ1v) is 10.4. The molecule has 0 aliphatic carbocycles. The molecule has 1 atom stereocenters. The maximum Gasteiger partial charge on any atom is 0.243 e. The van der Waals surface area contributed by atoms with Crippen LogP contribution in [0, 0.1) is 0 Å². The van der Waals surface area contributed by atoms with Crippen molar-refractivity contribution in [2.24, 2.45) is 0 Å². The first-order chi connectivity index (χ1) is 12.9. The van der Waals surface area contributed by atoms with Crippen molar-refractivity contribution >= 4 is 15.9 Å². The molecule has 2 aromatic rings. The number of likely N-dealkylation sites (N-methyl/N-ethyl adjacent to an activating group) is 1. The van der Waals surface area contributed by atoms with Gasteiger partial charge in [-0.3, -0.25) is 4.79 Å². The number of hydrogen-bond donors (Lipinski definition) is 1. The lowest BCUT2D eigenvalue weighted by Crippen LogP contribution is -2.49. The summed E-state index contributed by atoms with van der Waals surface area (Å²) in [6.45, 7) is 3.64. The van der Waals surface area contributed by atoms with E-state index in [1.165, 1.54) is 6.92 Å². The lowest BCUT2D eigenvalue weighted by molar-refractivity contribution is -0.119. The lowest BCUT2D eigenvalue weighted by atomic mass is 10.1. The van der Waals surface area contributed by atoms with E-state index >= 15 is 0 Å². The van der Waals surface area contributed by atoms with E-state index in [0.717, 1.165) is 11.1 Å². The van der Waals surface area contributed by atoms with Crippen LogP contribution in [0.1, 0.15) is 24.1 Å². The molecule has 7 heteroatoms. The summed E-state index contributed by atoms with van der Waals surface area (Å²) in [4.78, 5) is 13.5. The zero-order valence-electron chi connectivity index (χ0n) is 15.6. The van der Waals surface area contributed by atoms with Crippen LogP contribution in [0.25, 0.3) is 0 Å². The zero-order chi connectivity index (χ0) is 19.4. The SMILES string of the molecule is CC(=O)NCc1ccc(S(=O)(=O)N2CCN(C)C[C@@H]2c2ccccc2)cc1. The molecule has 1 aliphatic rings. The molecule has 1 saturated heterocycles. The Balaban J connectivity index is 1.86. The second-order valence-electron chi connectivity index (χ2n) is 6.86. The molecule has 1 amide bonds. The van der Waals surface area contributed by atoms with Gasteiger partial charge in [-0.15, -0.1) is 0 Å². The quantitative estimate of drug-likeness (QED) is 0.852. The highest BCUT2D eigenvalue weighted by molar-refractivity contribution is 7.89. The summed E-state index contributed by atoms with van der Waals surface area (Å²) in [6, 6.07) is 16.3. The van der Waals surface area contributed by atoms with Gasteiger partial charge in [0, 0.05) is 33.1 Å². The Morgan fingerprint density at radius 3 is 2.37 bits per heavy atom. The molecule has 1 aliphatic heterocycles. The fourth-order valence-electron chi connectivity index (χ4n) is 3.28. The minimum absolute atomic E-state index is 0.116. The average Bonchev–Trinajstić information content (AvgIpc) is 2.67. The number of piperazine rings is 1. The maximum atomic E-state index is 13.3. The van der Waals surface area contributed by atoms with E-state index in [1.54, 1.807) is 28.6 Å². The fraction of sp³-hybridized carbons (Fsp3) is 0.350. The number of carbonyl (C=O) groups is 1. The van der Waals surface area contributed by atoms with Gasteiger partial charge in [0.15, 0.2) is 0 Å². The van der Waals surface area contributed by atoms with Crippen LogP contribution in [0.3, 0.4) is 0 Å². The number of nitrogens with one attached hydrogen (secondary N) is 1. The Bertz CT molecular complexity index is 882. The van der Waals surface area contributed by atoms with Crippen molar-refractivity contribution in [3.8, 4) is 0 Å². The van der Waals surface area contributed by atoms with E-state index in [9.17, 15) is 13.2 Å². The Kier molecular flexibility index (Phi) is 5.94. The van der Waals surface area contributed by atoms with E-state index in [-0.39, 0.29) is 16.8 Å². The molecule has 1 heterocycles. The van der Waals surface area contributed by atoms with E-state index in [2.05, 4.69) is 10.2 Å². The van der Waals surface area contributed by atoms with Gasteiger partial charge in [0.1, 0.15) is 0 Å². The minimum atomic E-state index is -3.61. The van der Waals surface area contributed by atoms with Gasteiger partial charge >= 0.3 is 0 Å². The fourth-order valence-corrected chi connectivity index (χ4v) is 4.87. The Hall–Kier alpha value is -2.22. The molecule has 3 rings (SSSR count). The molecule has 0 radical (unpaired) electrons.